The van der Waals surface area contributed by atoms with Gasteiger partial charge in [0.2, 0.25) is 5.91 Å². The Hall–Kier alpha value is -0.870. The average Bonchev–Trinajstić information content (AvgIpc) is 2.82. The molecule has 0 radical (unpaired) electrons. The van der Waals surface area contributed by atoms with Gasteiger partial charge in [0.15, 0.2) is 0 Å². The largest absolute Gasteiger partial charge is 0.340 e. The summed E-state index contributed by atoms with van der Waals surface area (Å²) >= 11 is 1.72. The molecule has 17 heavy (non-hydrogen) atoms. The number of piperazine rings is 1. The minimum absolute atomic E-state index is 0.314. The van der Waals surface area contributed by atoms with E-state index in [9.17, 15) is 4.79 Å². The third-order valence-corrected chi connectivity index (χ3v) is 3.89. The Morgan fingerprint density at radius 3 is 2.94 bits per heavy atom. The first-order valence-electron chi connectivity index (χ1n) is 6.25. The maximum atomic E-state index is 12.0. The van der Waals surface area contributed by atoms with E-state index in [0.717, 1.165) is 32.6 Å². The summed E-state index contributed by atoms with van der Waals surface area (Å²) in [5.41, 5.74) is 1.36. The normalized spacial score (nSPS) is 18.1. The number of thiophene rings is 1. The first-order valence-corrected chi connectivity index (χ1v) is 7.19. The van der Waals surface area contributed by atoms with Gasteiger partial charge in [-0.3, -0.25) is 4.79 Å². The molecule has 4 heteroatoms. The van der Waals surface area contributed by atoms with Crippen molar-refractivity contribution in [3.8, 4) is 0 Å². The van der Waals surface area contributed by atoms with E-state index < -0.39 is 0 Å². The van der Waals surface area contributed by atoms with E-state index in [2.05, 4.69) is 29.1 Å². The summed E-state index contributed by atoms with van der Waals surface area (Å²) in [4.78, 5) is 14.0. The highest BCUT2D eigenvalue weighted by Gasteiger charge is 2.18. The molecule has 1 aromatic heterocycles. The van der Waals surface area contributed by atoms with Crippen molar-refractivity contribution in [1.82, 2.24) is 10.2 Å². The number of carbonyl (C=O) groups is 1. The molecule has 0 saturated carbocycles. The zero-order valence-electron chi connectivity index (χ0n) is 10.3. The molecule has 2 heterocycles. The zero-order valence-corrected chi connectivity index (χ0v) is 11.1. The summed E-state index contributed by atoms with van der Waals surface area (Å²) < 4.78 is 0. The summed E-state index contributed by atoms with van der Waals surface area (Å²) in [6, 6.07) is 2.15. The molecule has 1 unspecified atom stereocenters. The van der Waals surface area contributed by atoms with E-state index in [4.69, 9.17) is 0 Å². The van der Waals surface area contributed by atoms with Crippen LogP contribution in [0, 0.1) is 5.92 Å². The molecule has 0 spiro atoms. The lowest BCUT2D eigenvalue weighted by Crippen LogP contribution is -2.46. The molecular formula is C13H20N2OS. The van der Waals surface area contributed by atoms with Crippen molar-refractivity contribution < 1.29 is 4.79 Å². The molecule has 2 rings (SSSR count). The lowest BCUT2D eigenvalue weighted by Gasteiger charge is -2.28. The molecule has 0 aromatic carbocycles. The topological polar surface area (TPSA) is 32.3 Å². The standard InChI is InChI=1S/C13H20N2OS/c1-11(8-12-2-7-17-10-12)9-13(16)15-5-3-14-4-6-15/h2,7,10-11,14H,3-6,8-9H2,1H3. The summed E-state index contributed by atoms with van der Waals surface area (Å²) in [6.07, 6.45) is 1.69. The monoisotopic (exact) mass is 252 g/mol. The Morgan fingerprint density at radius 2 is 2.29 bits per heavy atom. The number of nitrogens with zero attached hydrogens (tertiary/aromatic N) is 1. The van der Waals surface area contributed by atoms with Gasteiger partial charge >= 0.3 is 0 Å². The van der Waals surface area contributed by atoms with E-state index in [-0.39, 0.29) is 0 Å². The van der Waals surface area contributed by atoms with Crippen molar-refractivity contribution in [3.05, 3.63) is 22.4 Å². The highest BCUT2D eigenvalue weighted by molar-refractivity contribution is 7.07. The molecule has 94 valence electrons. The summed E-state index contributed by atoms with van der Waals surface area (Å²) in [6.45, 7) is 5.76. The molecule has 1 atom stereocenters. The minimum Gasteiger partial charge on any atom is -0.340 e. The molecule has 3 nitrogen and oxygen atoms in total. The van der Waals surface area contributed by atoms with Crippen LogP contribution in [0.2, 0.25) is 0 Å². The lowest BCUT2D eigenvalue weighted by atomic mass is 9.99. The maximum Gasteiger partial charge on any atom is 0.222 e. The van der Waals surface area contributed by atoms with Crippen molar-refractivity contribution in [3.63, 3.8) is 0 Å². The Balaban J connectivity index is 1.77. The van der Waals surface area contributed by atoms with Gasteiger partial charge in [0, 0.05) is 32.6 Å². The van der Waals surface area contributed by atoms with E-state index in [1.54, 1.807) is 11.3 Å². The fraction of sp³-hybridized carbons (Fsp3) is 0.615. The fourth-order valence-corrected chi connectivity index (χ4v) is 2.91. The Labute approximate surface area is 107 Å². The van der Waals surface area contributed by atoms with Crippen LogP contribution in [0.3, 0.4) is 0 Å². The van der Waals surface area contributed by atoms with Gasteiger partial charge in [-0.15, -0.1) is 0 Å². The number of amides is 1. The number of rotatable bonds is 4. The minimum atomic E-state index is 0.314. The smallest absolute Gasteiger partial charge is 0.222 e. The number of hydrogen-bond donors (Lipinski definition) is 1. The third kappa shape index (κ3) is 3.82. The van der Waals surface area contributed by atoms with E-state index in [0.29, 0.717) is 18.2 Å². The summed E-state index contributed by atoms with van der Waals surface area (Å²) in [5, 5.41) is 7.54. The van der Waals surface area contributed by atoms with Crippen LogP contribution in [0.1, 0.15) is 18.9 Å². The zero-order chi connectivity index (χ0) is 12.1. The molecule has 1 fully saturated rings. The molecule has 0 bridgehead atoms. The molecule has 1 aliphatic rings. The molecule has 1 aliphatic heterocycles. The van der Waals surface area contributed by atoms with Gasteiger partial charge in [0.25, 0.3) is 0 Å². The molecule has 1 aromatic rings. The number of hydrogen-bond acceptors (Lipinski definition) is 3. The molecular weight excluding hydrogens is 232 g/mol. The van der Waals surface area contributed by atoms with Crippen LogP contribution in [0.15, 0.2) is 16.8 Å². The number of carbonyl (C=O) groups excluding carboxylic acids is 1. The van der Waals surface area contributed by atoms with Crippen molar-refractivity contribution in [2.45, 2.75) is 19.8 Å². The quantitative estimate of drug-likeness (QED) is 0.885. The second-order valence-corrected chi connectivity index (χ2v) is 5.56. The van der Waals surface area contributed by atoms with Crippen LogP contribution in [-0.2, 0) is 11.2 Å². The Bertz CT molecular complexity index is 344. The van der Waals surface area contributed by atoms with Crippen LogP contribution >= 0.6 is 11.3 Å². The number of nitrogens with one attached hydrogen (secondary N) is 1. The van der Waals surface area contributed by atoms with E-state index in [1.807, 2.05) is 4.90 Å². The van der Waals surface area contributed by atoms with E-state index >= 15 is 0 Å². The summed E-state index contributed by atoms with van der Waals surface area (Å²) in [7, 11) is 0. The summed E-state index contributed by atoms with van der Waals surface area (Å²) in [5.74, 6) is 0.751. The van der Waals surface area contributed by atoms with Gasteiger partial charge < -0.3 is 10.2 Å². The van der Waals surface area contributed by atoms with Gasteiger partial charge in [-0.2, -0.15) is 11.3 Å². The molecule has 1 N–H and O–H groups in total. The molecule has 0 aliphatic carbocycles. The van der Waals surface area contributed by atoms with Crippen molar-refractivity contribution in [1.29, 1.82) is 0 Å². The maximum absolute atomic E-state index is 12.0. The fourth-order valence-electron chi connectivity index (χ4n) is 2.22. The van der Waals surface area contributed by atoms with E-state index in [1.165, 1.54) is 5.56 Å². The van der Waals surface area contributed by atoms with Crippen LogP contribution in [0.4, 0.5) is 0 Å². The van der Waals surface area contributed by atoms with Crippen LogP contribution in [0.25, 0.3) is 0 Å². The second kappa shape index (κ2) is 6.17. The predicted molar refractivity (Wildman–Crippen MR) is 71.3 cm³/mol. The van der Waals surface area contributed by atoms with Crippen LogP contribution < -0.4 is 5.32 Å². The van der Waals surface area contributed by atoms with Crippen LogP contribution in [-0.4, -0.2) is 37.0 Å². The highest BCUT2D eigenvalue weighted by atomic mass is 32.1. The van der Waals surface area contributed by atoms with Crippen molar-refractivity contribution >= 4 is 17.2 Å². The highest BCUT2D eigenvalue weighted by Crippen LogP contribution is 2.15. The van der Waals surface area contributed by atoms with Gasteiger partial charge in [0.1, 0.15) is 0 Å². The van der Waals surface area contributed by atoms with Gasteiger partial charge in [0.05, 0.1) is 0 Å². The van der Waals surface area contributed by atoms with Gasteiger partial charge in [-0.25, -0.2) is 0 Å². The average molecular weight is 252 g/mol. The molecule has 1 saturated heterocycles. The lowest BCUT2D eigenvalue weighted by molar-refractivity contribution is -0.132. The van der Waals surface area contributed by atoms with Crippen molar-refractivity contribution in [2.75, 3.05) is 26.2 Å². The molecule has 1 amide bonds. The van der Waals surface area contributed by atoms with Gasteiger partial charge in [-0.05, 0) is 34.7 Å². The second-order valence-electron chi connectivity index (χ2n) is 4.78. The SMILES string of the molecule is CC(CC(=O)N1CCNCC1)Cc1ccsc1. The first-order chi connectivity index (χ1) is 8.25. The van der Waals surface area contributed by atoms with Crippen LogP contribution in [0.5, 0.6) is 0 Å². The Morgan fingerprint density at radius 1 is 1.53 bits per heavy atom. The third-order valence-electron chi connectivity index (χ3n) is 3.16. The van der Waals surface area contributed by atoms with Gasteiger partial charge in [-0.1, -0.05) is 6.92 Å². The predicted octanol–water partition coefficient (Wildman–Crippen LogP) is 1.75. The first kappa shape index (κ1) is 12.6. The van der Waals surface area contributed by atoms with Crippen molar-refractivity contribution in [2.24, 2.45) is 5.92 Å². The Kier molecular flexibility index (Phi) is 4.57.